The van der Waals surface area contributed by atoms with Crippen molar-refractivity contribution >= 4 is 15.7 Å². The number of benzene rings is 1. The highest BCUT2D eigenvalue weighted by Crippen LogP contribution is 2.25. The van der Waals surface area contributed by atoms with Crippen molar-refractivity contribution in [1.29, 1.82) is 0 Å². The molecular formula is C16H22N2O4S. The molecule has 0 unspecified atom stereocenters. The van der Waals surface area contributed by atoms with Crippen LogP contribution in [0.2, 0.25) is 0 Å². The van der Waals surface area contributed by atoms with Gasteiger partial charge in [0.2, 0.25) is 5.91 Å². The molecule has 1 fully saturated rings. The minimum atomic E-state index is -3.33. The summed E-state index contributed by atoms with van der Waals surface area (Å²) < 4.78 is 30.1. The summed E-state index contributed by atoms with van der Waals surface area (Å²) >= 11 is 0. The van der Waals surface area contributed by atoms with Crippen molar-refractivity contribution in [3.05, 3.63) is 29.8 Å². The van der Waals surface area contributed by atoms with Crippen LogP contribution in [0, 0.1) is 0 Å². The van der Waals surface area contributed by atoms with E-state index < -0.39 is 9.84 Å². The number of carbonyl (C=O) groups excluding carboxylic acids is 1. The molecule has 23 heavy (non-hydrogen) atoms. The van der Waals surface area contributed by atoms with Crippen LogP contribution in [0.25, 0.3) is 0 Å². The SMILES string of the molecule is CO[C@H]1C[C@@H](C(=O)N2CCS(=O)(=O)c3ccccc3C2)N(C)C1. The maximum atomic E-state index is 12.9. The molecule has 2 aliphatic heterocycles. The second-order valence-corrected chi connectivity index (χ2v) is 8.31. The average Bonchev–Trinajstić information content (AvgIpc) is 2.85. The molecule has 0 N–H and O–H groups in total. The summed E-state index contributed by atoms with van der Waals surface area (Å²) in [7, 11) is 0.230. The number of fused-ring (bicyclic) bond motifs is 1. The number of carbonyl (C=O) groups is 1. The van der Waals surface area contributed by atoms with Crippen molar-refractivity contribution in [3.8, 4) is 0 Å². The Bertz CT molecular complexity index is 704. The molecule has 1 saturated heterocycles. The van der Waals surface area contributed by atoms with Gasteiger partial charge in [-0.25, -0.2) is 8.42 Å². The Balaban J connectivity index is 1.84. The zero-order chi connectivity index (χ0) is 16.6. The maximum absolute atomic E-state index is 12.9. The van der Waals surface area contributed by atoms with Crippen LogP contribution in [0.4, 0.5) is 0 Å². The first-order valence-corrected chi connectivity index (χ1v) is 9.40. The lowest BCUT2D eigenvalue weighted by atomic mass is 10.1. The van der Waals surface area contributed by atoms with Gasteiger partial charge in [-0.1, -0.05) is 18.2 Å². The van der Waals surface area contributed by atoms with Gasteiger partial charge in [-0.05, 0) is 25.1 Å². The van der Waals surface area contributed by atoms with Crippen LogP contribution in [0.1, 0.15) is 12.0 Å². The van der Waals surface area contributed by atoms with Crippen molar-refractivity contribution in [2.75, 3.05) is 33.0 Å². The Morgan fingerprint density at radius 2 is 2.04 bits per heavy atom. The summed E-state index contributed by atoms with van der Waals surface area (Å²) in [6.45, 7) is 1.30. The van der Waals surface area contributed by atoms with Gasteiger partial charge < -0.3 is 9.64 Å². The van der Waals surface area contributed by atoms with E-state index in [4.69, 9.17) is 4.74 Å². The number of hydrogen-bond donors (Lipinski definition) is 0. The predicted octanol–water partition coefficient (Wildman–Crippen LogP) is 0.522. The first kappa shape index (κ1) is 16.4. The van der Waals surface area contributed by atoms with Crippen molar-refractivity contribution < 1.29 is 17.9 Å². The minimum absolute atomic E-state index is 0.0149. The molecule has 0 saturated carbocycles. The van der Waals surface area contributed by atoms with Gasteiger partial charge in [0, 0.05) is 26.7 Å². The number of ether oxygens (including phenoxy) is 1. The summed E-state index contributed by atoms with van der Waals surface area (Å²) in [5.74, 6) is -0.0427. The molecule has 0 radical (unpaired) electrons. The lowest BCUT2D eigenvalue weighted by Crippen LogP contribution is -2.44. The molecule has 2 aliphatic rings. The second-order valence-electron chi connectivity index (χ2n) is 6.24. The van der Waals surface area contributed by atoms with Crippen LogP contribution in [0.15, 0.2) is 29.2 Å². The number of likely N-dealkylation sites (N-methyl/N-ethyl adjacent to an activating group) is 1. The Hall–Kier alpha value is -1.44. The van der Waals surface area contributed by atoms with Crippen molar-refractivity contribution in [1.82, 2.24) is 9.80 Å². The Labute approximate surface area is 136 Å². The maximum Gasteiger partial charge on any atom is 0.240 e. The summed E-state index contributed by atoms with van der Waals surface area (Å²) in [5.41, 5.74) is 0.697. The van der Waals surface area contributed by atoms with E-state index in [0.717, 1.165) is 6.54 Å². The van der Waals surface area contributed by atoms with Gasteiger partial charge in [0.15, 0.2) is 9.84 Å². The molecule has 0 spiro atoms. The molecule has 0 bridgehead atoms. The molecule has 1 aromatic carbocycles. The first-order chi connectivity index (χ1) is 10.9. The summed E-state index contributed by atoms with van der Waals surface area (Å²) in [5, 5.41) is 0. The van der Waals surface area contributed by atoms with E-state index >= 15 is 0 Å². The van der Waals surface area contributed by atoms with Gasteiger partial charge in [-0.15, -0.1) is 0 Å². The monoisotopic (exact) mass is 338 g/mol. The fraction of sp³-hybridized carbons (Fsp3) is 0.562. The highest BCUT2D eigenvalue weighted by molar-refractivity contribution is 7.91. The molecule has 1 amide bonds. The third-order valence-electron chi connectivity index (χ3n) is 4.74. The van der Waals surface area contributed by atoms with Crippen LogP contribution >= 0.6 is 0 Å². The van der Waals surface area contributed by atoms with Crippen molar-refractivity contribution in [3.63, 3.8) is 0 Å². The zero-order valence-electron chi connectivity index (χ0n) is 13.4. The number of rotatable bonds is 2. The van der Waals surface area contributed by atoms with Crippen LogP contribution in [-0.2, 0) is 25.9 Å². The highest BCUT2D eigenvalue weighted by Gasteiger charge is 2.38. The van der Waals surface area contributed by atoms with Crippen molar-refractivity contribution in [2.24, 2.45) is 0 Å². The van der Waals surface area contributed by atoms with E-state index in [9.17, 15) is 13.2 Å². The van der Waals surface area contributed by atoms with E-state index in [1.807, 2.05) is 18.0 Å². The Morgan fingerprint density at radius 1 is 1.30 bits per heavy atom. The average molecular weight is 338 g/mol. The molecule has 0 aliphatic carbocycles. The molecule has 6 nitrogen and oxygen atoms in total. The van der Waals surface area contributed by atoms with E-state index in [1.165, 1.54) is 0 Å². The molecule has 2 atom stereocenters. The van der Waals surface area contributed by atoms with Crippen LogP contribution < -0.4 is 0 Å². The molecule has 126 valence electrons. The number of likely N-dealkylation sites (tertiary alicyclic amines) is 1. The number of nitrogens with zero attached hydrogens (tertiary/aromatic N) is 2. The Kier molecular flexibility index (Phi) is 4.44. The van der Waals surface area contributed by atoms with Crippen molar-refractivity contribution in [2.45, 2.75) is 30.0 Å². The van der Waals surface area contributed by atoms with E-state index in [0.29, 0.717) is 23.4 Å². The van der Waals surface area contributed by atoms with Gasteiger partial charge >= 0.3 is 0 Å². The standard InChI is InChI=1S/C16H22N2O4S/c1-17-11-13(22-2)9-14(17)16(19)18-7-8-23(20,21)15-6-4-3-5-12(15)10-18/h3-6,13-14H,7-11H2,1-2H3/t13-,14-/m0/s1. The van der Waals surface area contributed by atoms with E-state index in [-0.39, 0.29) is 30.4 Å². The predicted molar refractivity (Wildman–Crippen MR) is 85.7 cm³/mol. The molecule has 7 heteroatoms. The van der Waals surface area contributed by atoms with Gasteiger partial charge in [0.25, 0.3) is 0 Å². The smallest absolute Gasteiger partial charge is 0.240 e. The number of amides is 1. The van der Waals surface area contributed by atoms with Gasteiger partial charge in [-0.3, -0.25) is 9.69 Å². The molecule has 1 aromatic rings. The number of sulfone groups is 1. The number of hydrogen-bond acceptors (Lipinski definition) is 5. The summed E-state index contributed by atoms with van der Waals surface area (Å²) in [6.07, 6.45) is 0.702. The fourth-order valence-corrected chi connectivity index (χ4v) is 4.87. The third kappa shape index (κ3) is 3.13. The van der Waals surface area contributed by atoms with Crippen LogP contribution in [0.3, 0.4) is 0 Å². The largest absolute Gasteiger partial charge is 0.380 e. The molecular weight excluding hydrogens is 316 g/mol. The minimum Gasteiger partial charge on any atom is -0.380 e. The highest BCUT2D eigenvalue weighted by atomic mass is 32.2. The zero-order valence-corrected chi connectivity index (χ0v) is 14.3. The lowest BCUT2D eigenvalue weighted by Gasteiger charge is -2.27. The molecule has 0 aromatic heterocycles. The van der Waals surface area contributed by atoms with Gasteiger partial charge in [-0.2, -0.15) is 0 Å². The third-order valence-corrected chi connectivity index (χ3v) is 6.53. The summed E-state index contributed by atoms with van der Waals surface area (Å²) in [4.78, 5) is 16.9. The molecule has 2 heterocycles. The normalized spacial score (nSPS) is 27.5. The van der Waals surface area contributed by atoms with Crippen LogP contribution in [0.5, 0.6) is 0 Å². The van der Waals surface area contributed by atoms with Crippen LogP contribution in [-0.4, -0.2) is 69.3 Å². The quantitative estimate of drug-likeness (QED) is 0.787. The lowest BCUT2D eigenvalue weighted by molar-refractivity contribution is -0.136. The van der Waals surface area contributed by atoms with Gasteiger partial charge in [0.1, 0.15) is 0 Å². The first-order valence-electron chi connectivity index (χ1n) is 7.75. The van der Waals surface area contributed by atoms with E-state index in [2.05, 4.69) is 0 Å². The van der Waals surface area contributed by atoms with Gasteiger partial charge in [0.05, 0.1) is 22.8 Å². The van der Waals surface area contributed by atoms with E-state index in [1.54, 1.807) is 30.2 Å². The molecule has 3 rings (SSSR count). The summed E-state index contributed by atoms with van der Waals surface area (Å²) in [6, 6.07) is 6.70. The number of methoxy groups -OCH3 is 1. The second kappa shape index (κ2) is 6.22. The topological polar surface area (TPSA) is 66.9 Å². The fourth-order valence-electron chi connectivity index (χ4n) is 3.37. The Morgan fingerprint density at radius 3 is 2.74 bits per heavy atom.